The first-order valence-corrected chi connectivity index (χ1v) is 13.1. The number of aliphatic hydroxyl groups excluding tert-OH is 2. The van der Waals surface area contributed by atoms with E-state index in [1.807, 2.05) is 6.92 Å². The molecule has 5 rings (SSSR count). The lowest BCUT2D eigenvalue weighted by atomic mass is 9.59. The number of rotatable bonds is 3. The van der Waals surface area contributed by atoms with Crippen LogP contribution in [0.1, 0.15) is 66.7 Å². The van der Waals surface area contributed by atoms with Crippen molar-refractivity contribution < 1.29 is 29.6 Å². The Morgan fingerprint density at radius 1 is 1.21 bits per heavy atom. The van der Waals surface area contributed by atoms with Gasteiger partial charge in [-0.05, 0) is 66.4 Å². The van der Waals surface area contributed by atoms with Crippen LogP contribution in [0.25, 0.3) is 0 Å². The Bertz CT molecular complexity index is 964. The van der Waals surface area contributed by atoms with Crippen molar-refractivity contribution in [2.75, 3.05) is 6.61 Å². The average Bonchev–Trinajstić information content (AvgIpc) is 3.28. The van der Waals surface area contributed by atoms with Gasteiger partial charge in [-0.25, -0.2) is 0 Å². The molecule has 10 atom stereocenters. The molecule has 0 aromatic rings. The van der Waals surface area contributed by atoms with Crippen LogP contribution in [0.4, 0.5) is 0 Å². The van der Waals surface area contributed by atoms with Crippen LogP contribution in [0.3, 0.4) is 0 Å². The molecule has 6 heteroatoms. The van der Waals surface area contributed by atoms with Gasteiger partial charge in [0, 0.05) is 5.92 Å². The molecule has 3 unspecified atom stereocenters. The minimum absolute atomic E-state index is 0.0129. The summed E-state index contributed by atoms with van der Waals surface area (Å²) in [6.07, 6.45) is 5.38. The average molecular weight is 473 g/mol. The number of carbonyl (C=O) groups excluding carboxylic acids is 2. The van der Waals surface area contributed by atoms with Crippen LogP contribution in [-0.4, -0.2) is 51.5 Å². The number of hydrogen-bond donors (Lipinski definition) is 3. The van der Waals surface area contributed by atoms with E-state index in [0.29, 0.717) is 11.5 Å². The van der Waals surface area contributed by atoms with Gasteiger partial charge in [-0.2, -0.15) is 0 Å². The summed E-state index contributed by atoms with van der Waals surface area (Å²) < 4.78 is 6.05. The van der Waals surface area contributed by atoms with Gasteiger partial charge in [0.15, 0.2) is 17.5 Å². The first kappa shape index (κ1) is 24.2. The number of aliphatic hydroxyl groups is 3. The van der Waals surface area contributed by atoms with E-state index in [9.17, 15) is 24.9 Å². The molecule has 3 fully saturated rings. The van der Waals surface area contributed by atoms with Crippen molar-refractivity contribution in [2.45, 2.75) is 84.5 Å². The van der Waals surface area contributed by atoms with Crippen LogP contribution in [0.5, 0.6) is 0 Å². The molecule has 0 heterocycles. The zero-order valence-corrected chi connectivity index (χ0v) is 21.1. The van der Waals surface area contributed by atoms with Crippen LogP contribution in [0.15, 0.2) is 23.3 Å². The molecule has 0 saturated heterocycles. The molecule has 2 bridgehead atoms. The quantitative estimate of drug-likeness (QED) is 0.431. The van der Waals surface area contributed by atoms with Gasteiger partial charge in [0.25, 0.3) is 0 Å². The smallest absolute Gasteiger partial charge is 0.309 e. The summed E-state index contributed by atoms with van der Waals surface area (Å²) in [5.74, 6) is -0.852. The Hall–Kier alpha value is -1.50. The number of Topliss-reactive ketones (excluding diaryl/α,β-unsaturated/α-hetero) is 1. The monoisotopic (exact) mass is 472 g/mol. The summed E-state index contributed by atoms with van der Waals surface area (Å²) in [5, 5.41) is 34.2. The molecule has 188 valence electrons. The lowest BCUT2D eigenvalue weighted by Crippen LogP contribution is -2.66. The second-order valence-electron chi connectivity index (χ2n) is 12.6. The molecule has 0 amide bonds. The predicted molar refractivity (Wildman–Crippen MR) is 126 cm³/mol. The van der Waals surface area contributed by atoms with Crippen LogP contribution >= 0.6 is 0 Å². The highest BCUT2D eigenvalue weighted by molar-refractivity contribution is 5.95. The van der Waals surface area contributed by atoms with Crippen molar-refractivity contribution in [3.05, 3.63) is 23.3 Å². The number of esters is 1. The molecule has 6 nitrogen and oxygen atoms in total. The fraction of sp³-hybridized carbons (Fsp3) is 0.786. The third-order valence-electron chi connectivity index (χ3n) is 10.5. The van der Waals surface area contributed by atoms with Gasteiger partial charge in [-0.1, -0.05) is 52.7 Å². The number of ether oxygens (including phenoxy) is 1. The maximum Gasteiger partial charge on any atom is 0.309 e. The van der Waals surface area contributed by atoms with E-state index in [1.165, 1.54) is 0 Å². The Labute approximate surface area is 202 Å². The normalized spacial score (nSPS) is 49.1. The second-order valence-corrected chi connectivity index (χ2v) is 12.6. The third-order valence-corrected chi connectivity index (χ3v) is 10.5. The predicted octanol–water partition coefficient (Wildman–Crippen LogP) is 3.19. The molecule has 3 N–H and O–H groups in total. The first-order valence-electron chi connectivity index (χ1n) is 13.1. The number of hydrogen-bond acceptors (Lipinski definition) is 6. The van der Waals surface area contributed by atoms with Crippen molar-refractivity contribution in [2.24, 2.45) is 46.3 Å². The van der Waals surface area contributed by atoms with Gasteiger partial charge in [-0.15, -0.1) is 0 Å². The molecule has 34 heavy (non-hydrogen) atoms. The minimum atomic E-state index is -2.05. The SMILES string of the molecule is CC1=C[C@]23C(=O)C(C=C(CO)[C@@H](O)[C@]2(O)[C@H]1OC(=O)C1CCCCC1C)[C@H]1[C@@H](C[C@H]3C)C1(C)C. The number of allylic oxidation sites excluding steroid dienone is 1. The number of ketones is 1. The van der Waals surface area contributed by atoms with Crippen molar-refractivity contribution in [1.82, 2.24) is 0 Å². The van der Waals surface area contributed by atoms with Crippen LogP contribution < -0.4 is 0 Å². The van der Waals surface area contributed by atoms with E-state index in [0.717, 1.165) is 32.1 Å². The molecule has 0 aliphatic heterocycles. The Balaban J connectivity index is 1.60. The second kappa shape index (κ2) is 7.75. The molecule has 5 aliphatic rings. The van der Waals surface area contributed by atoms with Gasteiger partial charge in [-0.3, -0.25) is 9.59 Å². The van der Waals surface area contributed by atoms with E-state index in [1.54, 1.807) is 19.1 Å². The Morgan fingerprint density at radius 2 is 1.88 bits per heavy atom. The van der Waals surface area contributed by atoms with E-state index >= 15 is 0 Å². The lowest BCUT2D eigenvalue weighted by Gasteiger charge is -2.49. The molecule has 0 aromatic carbocycles. The topological polar surface area (TPSA) is 104 Å². The van der Waals surface area contributed by atoms with Crippen molar-refractivity contribution in [3.63, 3.8) is 0 Å². The van der Waals surface area contributed by atoms with Crippen LogP contribution in [0, 0.1) is 46.3 Å². The molecule has 3 saturated carbocycles. The highest BCUT2D eigenvalue weighted by Gasteiger charge is 2.76. The molecular formula is C28H40O6. The summed E-state index contributed by atoms with van der Waals surface area (Å²) in [6, 6.07) is 0. The summed E-state index contributed by atoms with van der Waals surface area (Å²) in [4.78, 5) is 27.7. The fourth-order valence-electron chi connectivity index (χ4n) is 8.46. The molecular weight excluding hydrogens is 432 g/mol. The summed E-state index contributed by atoms with van der Waals surface area (Å²) in [5.41, 5.74) is -2.59. The molecule has 1 spiro atoms. The van der Waals surface area contributed by atoms with Crippen LogP contribution in [-0.2, 0) is 14.3 Å². The first-order chi connectivity index (χ1) is 15.9. The number of fused-ring (bicyclic) bond motifs is 3. The third kappa shape index (κ3) is 2.91. The lowest BCUT2D eigenvalue weighted by molar-refractivity contribution is -0.206. The maximum atomic E-state index is 14.3. The van der Waals surface area contributed by atoms with Gasteiger partial charge < -0.3 is 20.1 Å². The zero-order chi connectivity index (χ0) is 24.8. The highest BCUT2D eigenvalue weighted by atomic mass is 16.6. The Kier molecular flexibility index (Phi) is 5.52. The van der Waals surface area contributed by atoms with E-state index in [4.69, 9.17) is 4.74 Å². The zero-order valence-electron chi connectivity index (χ0n) is 21.1. The molecule has 5 aliphatic carbocycles. The maximum absolute atomic E-state index is 14.3. The highest BCUT2D eigenvalue weighted by Crippen LogP contribution is 2.71. The van der Waals surface area contributed by atoms with Crippen molar-refractivity contribution >= 4 is 11.8 Å². The molecule has 0 aromatic heterocycles. The van der Waals surface area contributed by atoms with Gasteiger partial charge in [0.05, 0.1) is 17.9 Å². The number of carbonyl (C=O) groups is 2. The summed E-state index contributed by atoms with van der Waals surface area (Å²) in [7, 11) is 0. The largest absolute Gasteiger partial charge is 0.454 e. The standard InChI is InChI=1S/C28H40O6/c1-14-8-6-7-9-18(14)25(32)34-24-15(2)12-27-16(3)10-20-21(26(20,4)5)19(23(27)31)11-17(13-29)22(30)28(24,27)33/h11-12,14,16,18-22,24,29-30,33H,6-10,13H2,1-5H3/t14?,16-,18?,19?,20-,21+,22-,24+,27+,28+/m1/s1. The van der Waals surface area contributed by atoms with Crippen molar-refractivity contribution in [1.29, 1.82) is 0 Å². The van der Waals surface area contributed by atoms with Gasteiger partial charge in [0.1, 0.15) is 6.10 Å². The fourth-order valence-corrected chi connectivity index (χ4v) is 8.46. The minimum Gasteiger partial charge on any atom is -0.454 e. The summed E-state index contributed by atoms with van der Waals surface area (Å²) in [6.45, 7) is 9.70. The van der Waals surface area contributed by atoms with E-state index in [2.05, 4.69) is 20.8 Å². The Morgan fingerprint density at radius 3 is 2.53 bits per heavy atom. The van der Waals surface area contributed by atoms with Crippen LogP contribution in [0.2, 0.25) is 0 Å². The van der Waals surface area contributed by atoms with Gasteiger partial charge in [0.2, 0.25) is 0 Å². The van der Waals surface area contributed by atoms with Crippen molar-refractivity contribution in [3.8, 4) is 0 Å². The van der Waals surface area contributed by atoms with E-state index < -0.39 is 35.7 Å². The summed E-state index contributed by atoms with van der Waals surface area (Å²) >= 11 is 0. The molecule has 0 radical (unpaired) electrons. The van der Waals surface area contributed by atoms with Gasteiger partial charge >= 0.3 is 5.97 Å². The van der Waals surface area contributed by atoms with E-state index in [-0.39, 0.29) is 46.4 Å².